The lowest BCUT2D eigenvalue weighted by Crippen LogP contribution is -3.13. The fourth-order valence-electron chi connectivity index (χ4n) is 3.38. The molecule has 1 aromatic carbocycles. The first-order chi connectivity index (χ1) is 13.1. The van der Waals surface area contributed by atoms with Gasteiger partial charge in [0.05, 0.1) is 31.6 Å². The first-order valence-corrected chi connectivity index (χ1v) is 9.23. The number of hydrogen-bond donors (Lipinski definition) is 1. The van der Waals surface area contributed by atoms with Crippen LogP contribution in [0.2, 0.25) is 5.02 Å². The number of fused-ring (bicyclic) bond motifs is 1. The molecule has 1 N–H and O–H groups in total. The molecule has 0 radical (unpaired) electrons. The average molecular weight is 385 g/mol. The second-order valence-electron chi connectivity index (χ2n) is 6.69. The van der Waals surface area contributed by atoms with Gasteiger partial charge in [0.25, 0.3) is 5.91 Å². The number of piperazine rings is 1. The molecule has 0 unspecified atom stereocenters. The molecule has 6 nitrogen and oxygen atoms in total. The van der Waals surface area contributed by atoms with Gasteiger partial charge in [0.2, 0.25) is 0 Å². The number of halogens is 1. The fourth-order valence-corrected chi connectivity index (χ4v) is 3.55. The van der Waals surface area contributed by atoms with E-state index in [2.05, 4.69) is 4.98 Å². The first kappa shape index (κ1) is 17.7. The van der Waals surface area contributed by atoms with Crippen LogP contribution in [0.5, 0.6) is 0 Å². The second kappa shape index (κ2) is 7.50. The van der Waals surface area contributed by atoms with E-state index in [0.717, 1.165) is 19.6 Å². The third-order valence-corrected chi connectivity index (χ3v) is 5.10. The molecule has 138 valence electrons. The third kappa shape index (κ3) is 3.86. The van der Waals surface area contributed by atoms with Crippen LogP contribution in [0.15, 0.2) is 58.0 Å². The van der Waals surface area contributed by atoms with E-state index in [1.807, 2.05) is 12.1 Å². The highest BCUT2D eigenvalue weighted by Crippen LogP contribution is 2.18. The van der Waals surface area contributed by atoms with Crippen LogP contribution in [0.25, 0.3) is 11.0 Å². The number of nitrogens with zero attached hydrogens (tertiary/aromatic N) is 2. The third-order valence-electron chi connectivity index (χ3n) is 4.86. The molecule has 1 aliphatic rings. The Morgan fingerprint density at radius 2 is 1.89 bits per heavy atom. The van der Waals surface area contributed by atoms with E-state index >= 15 is 0 Å². The summed E-state index contributed by atoms with van der Waals surface area (Å²) >= 11 is 5.92. The molecule has 27 heavy (non-hydrogen) atoms. The van der Waals surface area contributed by atoms with Gasteiger partial charge in [-0.2, -0.15) is 0 Å². The molecular weight excluding hydrogens is 366 g/mol. The summed E-state index contributed by atoms with van der Waals surface area (Å²) < 4.78 is 5.67. The summed E-state index contributed by atoms with van der Waals surface area (Å²) in [6, 6.07) is 10.1. The van der Waals surface area contributed by atoms with E-state index in [-0.39, 0.29) is 17.1 Å². The topological polar surface area (TPSA) is 67.8 Å². The molecule has 0 spiro atoms. The largest absolute Gasteiger partial charge is 0.451 e. The predicted molar refractivity (Wildman–Crippen MR) is 102 cm³/mol. The van der Waals surface area contributed by atoms with Gasteiger partial charge in [0, 0.05) is 29.0 Å². The van der Waals surface area contributed by atoms with Crippen LogP contribution in [-0.4, -0.2) is 42.0 Å². The monoisotopic (exact) mass is 384 g/mol. The number of carbonyl (C=O) groups is 1. The minimum atomic E-state index is -0.260. The van der Waals surface area contributed by atoms with E-state index in [9.17, 15) is 9.59 Å². The van der Waals surface area contributed by atoms with Gasteiger partial charge < -0.3 is 14.2 Å². The van der Waals surface area contributed by atoms with Crippen LogP contribution in [-0.2, 0) is 6.54 Å². The van der Waals surface area contributed by atoms with Crippen molar-refractivity contribution >= 4 is 28.5 Å². The SMILES string of the molecule is O=C(c1cc(=O)c2cc(Cl)ccc2o1)N1CC[NH+](Cc2ccncc2)CC1. The minimum Gasteiger partial charge on any atom is -0.451 e. The molecule has 0 aliphatic carbocycles. The van der Waals surface area contributed by atoms with E-state index in [4.69, 9.17) is 16.0 Å². The van der Waals surface area contributed by atoms with Crippen molar-refractivity contribution in [3.05, 3.63) is 75.4 Å². The van der Waals surface area contributed by atoms with Crippen LogP contribution >= 0.6 is 11.6 Å². The maximum Gasteiger partial charge on any atom is 0.290 e. The highest BCUT2D eigenvalue weighted by atomic mass is 35.5. The highest BCUT2D eigenvalue weighted by molar-refractivity contribution is 6.31. The van der Waals surface area contributed by atoms with Gasteiger partial charge in [0.1, 0.15) is 12.1 Å². The van der Waals surface area contributed by atoms with Crippen molar-refractivity contribution in [1.82, 2.24) is 9.88 Å². The van der Waals surface area contributed by atoms with Crippen LogP contribution in [0.1, 0.15) is 16.1 Å². The molecule has 0 saturated carbocycles. The molecule has 3 heterocycles. The van der Waals surface area contributed by atoms with Crippen molar-refractivity contribution in [2.45, 2.75) is 6.54 Å². The van der Waals surface area contributed by atoms with E-state index in [0.29, 0.717) is 29.1 Å². The quantitative estimate of drug-likeness (QED) is 0.741. The molecule has 3 aromatic rings. The van der Waals surface area contributed by atoms with Crippen molar-refractivity contribution in [2.75, 3.05) is 26.2 Å². The lowest BCUT2D eigenvalue weighted by atomic mass is 10.2. The second-order valence-corrected chi connectivity index (χ2v) is 7.13. The zero-order chi connectivity index (χ0) is 18.8. The molecule has 0 atom stereocenters. The Morgan fingerprint density at radius 3 is 2.63 bits per heavy atom. The number of rotatable bonds is 3. The van der Waals surface area contributed by atoms with E-state index in [1.54, 1.807) is 35.5 Å². The van der Waals surface area contributed by atoms with Crippen LogP contribution in [0.4, 0.5) is 0 Å². The van der Waals surface area contributed by atoms with E-state index in [1.165, 1.54) is 16.5 Å². The Hall–Kier alpha value is -2.70. The first-order valence-electron chi connectivity index (χ1n) is 8.85. The minimum absolute atomic E-state index is 0.0763. The Bertz CT molecular complexity index is 1030. The molecule has 2 aromatic heterocycles. The normalized spacial score (nSPS) is 15.2. The van der Waals surface area contributed by atoms with Crippen molar-refractivity contribution in [1.29, 1.82) is 0 Å². The standard InChI is InChI=1S/C20H18ClN3O3/c21-15-1-2-18-16(11-15)17(25)12-19(27-18)20(26)24-9-7-23(8-10-24)13-14-3-5-22-6-4-14/h1-6,11-12H,7-10,13H2/p+1. The van der Waals surface area contributed by atoms with Crippen molar-refractivity contribution in [3.63, 3.8) is 0 Å². The summed E-state index contributed by atoms with van der Waals surface area (Å²) in [6.45, 7) is 3.86. The van der Waals surface area contributed by atoms with Crippen LogP contribution < -0.4 is 10.3 Å². The number of carbonyl (C=O) groups excluding carboxylic acids is 1. The number of pyridine rings is 1. The molecule has 1 amide bonds. The Kier molecular flexibility index (Phi) is 4.92. The van der Waals surface area contributed by atoms with Gasteiger partial charge in [-0.25, -0.2) is 0 Å². The van der Waals surface area contributed by atoms with Gasteiger partial charge in [-0.05, 0) is 30.3 Å². The highest BCUT2D eigenvalue weighted by Gasteiger charge is 2.26. The summed E-state index contributed by atoms with van der Waals surface area (Å²) in [5, 5.41) is 0.841. The maximum atomic E-state index is 12.8. The van der Waals surface area contributed by atoms with E-state index < -0.39 is 0 Å². The zero-order valence-corrected chi connectivity index (χ0v) is 15.4. The number of amides is 1. The summed E-state index contributed by atoms with van der Waals surface area (Å²) in [6.07, 6.45) is 3.59. The predicted octanol–water partition coefficient (Wildman–Crippen LogP) is 1.38. The average Bonchev–Trinajstić information content (AvgIpc) is 2.69. The number of hydrogen-bond acceptors (Lipinski definition) is 4. The maximum absolute atomic E-state index is 12.8. The molecule has 4 rings (SSSR count). The molecular formula is C20H19ClN3O3+. The van der Waals surface area contributed by atoms with Crippen molar-refractivity contribution in [2.24, 2.45) is 0 Å². The van der Waals surface area contributed by atoms with Gasteiger partial charge >= 0.3 is 0 Å². The van der Waals surface area contributed by atoms with Crippen LogP contribution in [0, 0.1) is 0 Å². The Morgan fingerprint density at radius 1 is 1.15 bits per heavy atom. The van der Waals surface area contributed by atoms with Gasteiger partial charge in [-0.3, -0.25) is 14.6 Å². The molecule has 1 saturated heterocycles. The smallest absolute Gasteiger partial charge is 0.290 e. The molecule has 0 bridgehead atoms. The number of quaternary nitrogens is 1. The van der Waals surface area contributed by atoms with Crippen LogP contribution in [0.3, 0.4) is 0 Å². The van der Waals surface area contributed by atoms with Gasteiger partial charge in [-0.1, -0.05) is 11.6 Å². The zero-order valence-electron chi connectivity index (χ0n) is 14.7. The van der Waals surface area contributed by atoms with Gasteiger partial charge in [0.15, 0.2) is 11.2 Å². The van der Waals surface area contributed by atoms with Crippen molar-refractivity contribution in [3.8, 4) is 0 Å². The molecule has 1 aliphatic heterocycles. The summed E-state index contributed by atoms with van der Waals surface area (Å²) in [5.74, 6) is -0.167. The lowest BCUT2D eigenvalue weighted by molar-refractivity contribution is -0.917. The Balaban J connectivity index is 1.46. The number of nitrogens with one attached hydrogen (secondary N) is 1. The van der Waals surface area contributed by atoms with Crippen molar-refractivity contribution < 1.29 is 14.1 Å². The molecule has 7 heteroatoms. The number of benzene rings is 1. The lowest BCUT2D eigenvalue weighted by Gasteiger charge is -2.31. The Labute approximate surface area is 161 Å². The summed E-state index contributed by atoms with van der Waals surface area (Å²) in [4.78, 5) is 32.3. The van der Waals surface area contributed by atoms with Gasteiger partial charge in [-0.15, -0.1) is 0 Å². The fraction of sp³-hybridized carbons (Fsp3) is 0.250. The summed E-state index contributed by atoms with van der Waals surface area (Å²) in [7, 11) is 0. The number of aromatic nitrogens is 1. The summed E-state index contributed by atoms with van der Waals surface area (Å²) in [5.41, 5.74) is 1.35. The molecule has 1 fully saturated rings.